The van der Waals surface area contributed by atoms with Gasteiger partial charge in [0.05, 0.1) is 6.10 Å². The van der Waals surface area contributed by atoms with Crippen LogP contribution >= 0.6 is 0 Å². The van der Waals surface area contributed by atoms with Crippen molar-refractivity contribution >= 4 is 0 Å². The van der Waals surface area contributed by atoms with Gasteiger partial charge in [-0.25, -0.2) is 0 Å². The molecule has 0 rings (SSSR count). The Hall–Kier alpha value is -0.0800. The highest BCUT2D eigenvalue weighted by atomic mass is 16.3. The maximum Gasteiger partial charge on any atom is 0.0543 e. The molecule has 2 nitrogen and oxygen atoms in total. The van der Waals surface area contributed by atoms with Crippen LogP contribution in [0.5, 0.6) is 0 Å². The summed E-state index contributed by atoms with van der Waals surface area (Å²) in [6, 6.07) is 0. The van der Waals surface area contributed by atoms with Gasteiger partial charge in [0.1, 0.15) is 0 Å². The summed E-state index contributed by atoms with van der Waals surface area (Å²) in [4.78, 5) is 0. The van der Waals surface area contributed by atoms with Gasteiger partial charge < -0.3 is 10.2 Å². The highest BCUT2D eigenvalue weighted by Crippen LogP contribution is 2.16. The van der Waals surface area contributed by atoms with E-state index in [1.165, 1.54) is 0 Å². The lowest BCUT2D eigenvalue weighted by molar-refractivity contribution is 0.120. The molecule has 0 radical (unpaired) electrons. The van der Waals surface area contributed by atoms with E-state index in [1.807, 2.05) is 0 Å². The van der Waals surface area contributed by atoms with Crippen molar-refractivity contribution in [3.63, 3.8) is 0 Å². The molecule has 12 heavy (non-hydrogen) atoms. The van der Waals surface area contributed by atoms with Crippen molar-refractivity contribution in [2.75, 3.05) is 6.61 Å². The van der Waals surface area contributed by atoms with Crippen LogP contribution in [0.25, 0.3) is 0 Å². The molecule has 1 unspecified atom stereocenters. The molecule has 2 N–H and O–H groups in total. The topological polar surface area (TPSA) is 40.5 Å². The van der Waals surface area contributed by atoms with E-state index in [9.17, 15) is 5.11 Å². The Morgan fingerprint density at radius 3 is 2.17 bits per heavy atom. The van der Waals surface area contributed by atoms with E-state index in [2.05, 4.69) is 13.8 Å². The molecule has 1 atom stereocenters. The first-order chi connectivity index (χ1) is 5.74. The van der Waals surface area contributed by atoms with Crippen molar-refractivity contribution < 1.29 is 10.2 Å². The van der Waals surface area contributed by atoms with Crippen LogP contribution < -0.4 is 0 Å². The molecule has 0 amide bonds. The molecule has 0 aromatic rings. The number of rotatable bonds is 7. The lowest BCUT2D eigenvalue weighted by Gasteiger charge is -2.16. The third-order valence-corrected chi connectivity index (χ3v) is 2.46. The predicted molar refractivity (Wildman–Crippen MR) is 51.0 cm³/mol. The van der Waals surface area contributed by atoms with Gasteiger partial charge in [0.15, 0.2) is 0 Å². The Bertz CT molecular complexity index is 89.8. The average molecular weight is 174 g/mol. The number of aliphatic hydroxyl groups is 2. The third-order valence-electron chi connectivity index (χ3n) is 2.46. The third kappa shape index (κ3) is 5.56. The predicted octanol–water partition coefficient (Wildman–Crippen LogP) is 1.95. The molecule has 0 aromatic carbocycles. The van der Waals surface area contributed by atoms with Crippen molar-refractivity contribution in [2.45, 2.75) is 52.1 Å². The van der Waals surface area contributed by atoms with Gasteiger partial charge in [-0.3, -0.25) is 0 Å². The molecule has 0 spiro atoms. The summed E-state index contributed by atoms with van der Waals surface area (Å²) in [6.45, 7) is 4.51. The average Bonchev–Trinajstić information content (AvgIpc) is 2.10. The largest absolute Gasteiger partial charge is 0.396 e. The maximum atomic E-state index is 9.50. The molecular weight excluding hydrogens is 152 g/mol. The molecule has 0 aliphatic rings. The van der Waals surface area contributed by atoms with Crippen LogP contribution in [0.4, 0.5) is 0 Å². The standard InChI is InChI=1S/C10H22O2/c1-3-9(4-2)8-10(12)6-5-7-11/h9-12H,3-8H2,1-2H3. The fourth-order valence-corrected chi connectivity index (χ4v) is 1.45. The molecule has 0 aromatic heterocycles. The first-order valence-electron chi connectivity index (χ1n) is 5.03. The van der Waals surface area contributed by atoms with E-state index in [0.29, 0.717) is 5.92 Å². The van der Waals surface area contributed by atoms with Crippen molar-refractivity contribution in [1.82, 2.24) is 0 Å². The van der Waals surface area contributed by atoms with Crippen LogP contribution in [0.1, 0.15) is 46.0 Å². The molecule has 0 saturated heterocycles. The van der Waals surface area contributed by atoms with E-state index in [-0.39, 0.29) is 12.7 Å². The van der Waals surface area contributed by atoms with Crippen molar-refractivity contribution in [3.8, 4) is 0 Å². The lowest BCUT2D eigenvalue weighted by Crippen LogP contribution is -2.13. The van der Waals surface area contributed by atoms with Crippen LogP contribution in [0.15, 0.2) is 0 Å². The summed E-state index contributed by atoms with van der Waals surface area (Å²) in [5.74, 6) is 0.652. The summed E-state index contributed by atoms with van der Waals surface area (Å²) < 4.78 is 0. The minimum Gasteiger partial charge on any atom is -0.396 e. The first-order valence-corrected chi connectivity index (χ1v) is 5.03. The molecule has 0 aliphatic carbocycles. The van der Waals surface area contributed by atoms with E-state index in [1.54, 1.807) is 0 Å². The number of hydrogen-bond donors (Lipinski definition) is 2. The van der Waals surface area contributed by atoms with E-state index < -0.39 is 0 Å². The van der Waals surface area contributed by atoms with Gasteiger partial charge in [-0.05, 0) is 25.2 Å². The van der Waals surface area contributed by atoms with E-state index in [4.69, 9.17) is 5.11 Å². The van der Waals surface area contributed by atoms with Gasteiger partial charge >= 0.3 is 0 Å². The highest BCUT2D eigenvalue weighted by molar-refractivity contribution is 4.62. The molecule has 2 heteroatoms. The minimum absolute atomic E-state index is 0.194. The Morgan fingerprint density at radius 1 is 1.17 bits per heavy atom. The van der Waals surface area contributed by atoms with Gasteiger partial charge in [-0.15, -0.1) is 0 Å². The van der Waals surface area contributed by atoms with E-state index in [0.717, 1.165) is 32.1 Å². The normalized spacial score (nSPS) is 13.8. The van der Waals surface area contributed by atoms with Crippen molar-refractivity contribution in [2.24, 2.45) is 5.92 Å². The Labute approximate surface area is 75.6 Å². The lowest BCUT2D eigenvalue weighted by atomic mass is 9.94. The second kappa shape index (κ2) is 7.56. The summed E-state index contributed by atoms with van der Waals surface area (Å²) in [6.07, 6.45) is 4.45. The molecule has 0 fully saturated rings. The van der Waals surface area contributed by atoms with Gasteiger partial charge in [0.25, 0.3) is 0 Å². The van der Waals surface area contributed by atoms with Crippen molar-refractivity contribution in [3.05, 3.63) is 0 Å². The zero-order chi connectivity index (χ0) is 9.40. The summed E-state index contributed by atoms with van der Waals surface area (Å²) >= 11 is 0. The molecule has 0 heterocycles. The monoisotopic (exact) mass is 174 g/mol. The van der Waals surface area contributed by atoms with E-state index >= 15 is 0 Å². The molecule has 0 aliphatic heterocycles. The summed E-state index contributed by atoms with van der Waals surface area (Å²) in [5, 5.41) is 18.1. The smallest absolute Gasteiger partial charge is 0.0543 e. The number of hydrogen-bond acceptors (Lipinski definition) is 2. The maximum absolute atomic E-state index is 9.50. The van der Waals surface area contributed by atoms with Gasteiger partial charge in [-0.2, -0.15) is 0 Å². The first kappa shape index (κ1) is 11.9. The SMILES string of the molecule is CCC(CC)CC(O)CCCO. The van der Waals surface area contributed by atoms with Crippen LogP contribution in [-0.4, -0.2) is 22.9 Å². The Balaban J connectivity index is 3.44. The summed E-state index contributed by atoms with van der Waals surface area (Å²) in [5.41, 5.74) is 0. The molecule has 74 valence electrons. The highest BCUT2D eigenvalue weighted by Gasteiger charge is 2.10. The molecular formula is C10H22O2. The molecule has 0 bridgehead atoms. The van der Waals surface area contributed by atoms with Gasteiger partial charge in [0.2, 0.25) is 0 Å². The number of aliphatic hydroxyl groups excluding tert-OH is 2. The Kier molecular flexibility index (Phi) is 7.51. The zero-order valence-electron chi connectivity index (χ0n) is 8.29. The van der Waals surface area contributed by atoms with Crippen LogP contribution in [0.2, 0.25) is 0 Å². The second-order valence-electron chi connectivity index (χ2n) is 3.44. The summed E-state index contributed by atoms with van der Waals surface area (Å²) in [7, 11) is 0. The van der Waals surface area contributed by atoms with Crippen LogP contribution in [-0.2, 0) is 0 Å². The van der Waals surface area contributed by atoms with Gasteiger partial charge in [0, 0.05) is 6.61 Å². The quantitative estimate of drug-likeness (QED) is 0.619. The fraction of sp³-hybridized carbons (Fsp3) is 1.00. The minimum atomic E-state index is -0.206. The van der Waals surface area contributed by atoms with Crippen LogP contribution in [0, 0.1) is 5.92 Å². The molecule has 0 saturated carbocycles. The van der Waals surface area contributed by atoms with Crippen molar-refractivity contribution in [1.29, 1.82) is 0 Å². The van der Waals surface area contributed by atoms with Crippen LogP contribution in [0.3, 0.4) is 0 Å². The zero-order valence-corrected chi connectivity index (χ0v) is 8.29. The second-order valence-corrected chi connectivity index (χ2v) is 3.44. The Morgan fingerprint density at radius 2 is 1.75 bits per heavy atom. The fourth-order valence-electron chi connectivity index (χ4n) is 1.45. The van der Waals surface area contributed by atoms with Gasteiger partial charge in [-0.1, -0.05) is 26.7 Å².